The first-order valence-corrected chi connectivity index (χ1v) is 12.9. The largest absolute Gasteiger partial charge is 0.460 e. The number of rotatable bonds is 10. The molecule has 31 heavy (non-hydrogen) atoms. The van der Waals surface area contributed by atoms with Crippen LogP contribution in [0.2, 0.25) is 5.04 Å². The number of carbonyl (C=O) groups is 2. The summed E-state index contributed by atoms with van der Waals surface area (Å²) < 4.78 is 11.8. The van der Waals surface area contributed by atoms with E-state index in [1.807, 2.05) is 12.1 Å². The predicted octanol–water partition coefficient (Wildman–Crippen LogP) is 4.50. The molecule has 2 aromatic carbocycles. The predicted molar refractivity (Wildman–Crippen MR) is 128 cm³/mol. The zero-order chi connectivity index (χ0) is 23.1. The molecule has 2 rings (SSSR count). The van der Waals surface area contributed by atoms with Crippen molar-refractivity contribution in [1.29, 1.82) is 0 Å². The second-order valence-electron chi connectivity index (χ2n) is 9.76. The van der Waals surface area contributed by atoms with Crippen molar-refractivity contribution < 1.29 is 18.8 Å². The molecule has 4 nitrogen and oxygen atoms in total. The summed E-state index contributed by atoms with van der Waals surface area (Å²) in [5.74, 6) is -1.22. The van der Waals surface area contributed by atoms with Crippen molar-refractivity contribution in [2.24, 2.45) is 5.41 Å². The third-order valence-corrected chi connectivity index (χ3v) is 10.6. The number of benzene rings is 2. The quantitative estimate of drug-likeness (QED) is 0.310. The number of Topliss-reactive ketones (excluding diaryl/α,β-unsaturated/α-hetero) is 1. The molecule has 0 amide bonds. The molecular weight excluding hydrogens is 404 g/mol. The molecule has 0 spiro atoms. The number of esters is 1. The Bertz CT molecular complexity index is 814. The minimum absolute atomic E-state index is 0.105. The Morgan fingerprint density at radius 2 is 1.32 bits per heavy atom. The van der Waals surface area contributed by atoms with Gasteiger partial charge in [0.1, 0.15) is 0 Å². The molecule has 2 aromatic rings. The summed E-state index contributed by atoms with van der Waals surface area (Å²) in [6.07, 6.45) is 0.721. The smallest absolute Gasteiger partial charge is 0.374 e. The molecule has 0 atom stereocenters. The standard InChI is InChI=1S/C26H36O4Si/c1-7-29-24(28)23(27)18-19-26(5,6)20-30-31(25(2,3)4,21-14-10-8-11-15-21)22-16-12-9-13-17-22/h8-17H,7,18-20H2,1-6H3. The van der Waals surface area contributed by atoms with Gasteiger partial charge in [0, 0.05) is 13.0 Å². The average Bonchev–Trinajstić information content (AvgIpc) is 2.73. The summed E-state index contributed by atoms with van der Waals surface area (Å²) in [5, 5.41) is 2.35. The zero-order valence-electron chi connectivity index (χ0n) is 19.7. The minimum atomic E-state index is -2.63. The van der Waals surface area contributed by atoms with Crippen molar-refractivity contribution in [3.63, 3.8) is 0 Å². The van der Waals surface area contributed by atoms with Gasteiger partial charge in [0.15, 0.2) is 0 Å². The monoisotopic (exact) mass is 440 g/mol. The molecule has 0 aliphatic carbocycles. The lowest BCUT2D eigenvalue weighted by molar-refractivity contribution is -0.153. The van der Waals surface area contributed by atoms with Crippen molar-refractivity contribution in [3.8, 4) is 0 Å². The van der Waals surface area contributed by atoms with Gasteiger partial charge >= 0.3 is 5.97 Å². The van der Waals surface area contributed by atoms with Crippen LogP contribution < -0.4 is 10.4 Å². The maximum Gasteiger partial charge on any atom is 0.374 e. The summed E-state index contributed by atoms with van der Waals surface area (Å²) in [6.45, 7) is 13.3. The Kier molecular flexibility index (Phi) is 8.38. The lowest BCUT2D eigenvalue weighted by Gasteiger charge is -2.44. The highest BCUT2D eigenvalue weighted by molar-refractivity contribution is 6.99. The lowest BCUT2D eigenvalue weighted by Crippen LogP contribution is -2.67. The van der Waals surface area contributed by atoms with E-state index in [-0.39, 0.29) is 23.5 Å². The molecule has 0 radical (unpaired) electrons. The van der Waals surface area contributed by atoms with Crippen LogP contribution >= 0.6 is 0 Å². The molecule has 0 N–H and O–H groups in total. The van der Waals surface area contributed by atoms with Crippen molar-refractivity contribution >= 4 is 30.4 Å². The van der Waals surface area contributed by atoms with E-state index < -0.39 is 20.1 Å². The first-order valence-electron chi connectivity index (χ1n) is 11.0. The summed E-state index contributed by atoms with van der Waals surface area (Å²) in [5.41, 5.74) is -0.269. The second-order valence-corrected chi connectivity index (χ2v) is 14.1. The summed E-state index contributed by atoms with van der Waals surface area (Å²) in [4.78, 5) is 23.8. The second kappa shape index (κ2) is 10.4. The summed E-state index contributed by atoms with van der Waals surface area (Å²) >= 11 is 0. The van der Waals surface area contributed by atoms with Gasteiger partial charge < -0.3 is 9.16 Å². The van der Waals surface area contributed by atoms with Crippen molar-refractivity contribution in [1.82, 2.24) is 0 Å². The van der Waals surface area contributed by atoms with Crippen molar-refractivity contribution in [3.05, 3.63) is 60.7 Å². The highest BCUT2D eigenvalue weighted by Crippen LogP contribution is 2.38. The first-order chi connectivity index (χ1) is 14.5. The molecule has 0 bridgehead atoms. The Balaban J connectivity index is 2.32. The topological polar surface area (TPSA) is 52.6 Å². The molecule has 0 aliphatic rings. The molecule has 0 unspecified atom stereocenters. The van der Waals surface area contributed by atoms with Crippen LogP contribution in [0.25, 0.3) is 0 Å². The first kappa shape index (κ1) is 25.0. The van der Waals surface area contributed by atoms with Gasteiger partial charge in [-0.1, -0.05) is 95.3 Å². The van der Waals surface area contributed by atoms with Crippen LogP contribution in [0.3, 0.4) is 0 Å². The maximum absolute atomic E-state index is 12.1. The van der Waals surface area contributed by atoms with Crippen LogP contribution in [0.5, 0.6) is 0 Å². The van der Waals surface area contributed by atoms with Gasteiger partial charge in [-0.2, -0.15) is 0 Å². The van der Waals surface area contributed by atoms with E-state index in [9.17, 15) is 9.59 Å². The molecule has 0 aromatic heterocycles. The van der Waals surface area contributed by atoms with Gasteiger partial charge in [-0.3, -0.25) is 4.79 Å². The number of carbonyl (C=O) groups excluding carboxylic acids is 2. The fourth-order valence-corrected chi connectivity index (χ4v) is 8.67. The van der Waals surface area contributed by atoms with E-state index in [2.05, 4.69) is 83.1 Å². The van der Waals surface area contributed by atoms with Crippen LogP contribution in [-0.2, 0) is 18.8 Å². The van der Waals surface area contributed by atoms with E-state index in [1.54, 1.807) is 6.92 Å². The minimum Gasteiger partial charge on any atom is -0.460 e. The van der Waals surface area contributed by atoms with Gasteiger partial charge in [0.05, 0.1) is 6.61 Å². The summed E-state index contributed by atoms with van der Waals surface area (Å²) in [6, 6.07) is 21.0. The fourth-order valence-electron chi connectivity index (χ4n) is 3.90. The molecule has 5 heteroatoms. The van der Waals surface area contributed by atoms with E-state index in [1.165, 1.54) is 10.4 Å². The molecule has 0 saturated heterocycles. The molecule has 0 aliphatic heterocycles. The zero-order valence-corrected chi connectivity index (χ0v) is 20.7. The van der Waals surface area contributed by atoms with Gasteiger partial charge in [-0.15, -0.1) is 0 Å². The Morgan fingerprint density at radius 1 is 0.839 bits per heavy atom. The van der Waals surface area contributed by atoms with E-state index in [0.29, 0.717) is 13.0 Å². The molecule has 0 fully saturated rings. The number of ketones is 1. The van der Waals surface area contributed by atoms with E-state index in [0.717, 1.165) is 0 Å². The van der Waals surface area contributed by atoms with Crippen LogP contribution in [0.1, 0.15) is 54.4 Å². The van der Waals surface area contributed by atoms with Gasteiger partial charge in [0.2, 0.25) is 5.78 Å². The Morgan fingerprint density at radius 3 is 1.74 bits per heavy atom. The van der Waals surface area contributed by atoms with Crippen LogP contribution in [0, 0.1) is 5.41 Å². The number of ether oxygens (including phenoxy) is 1. The van der Waals surface area contributed by atoms with Gasteiger partial charge in [0.25, 0.3) is 8.32 Å². The molecule has 0 saturated carbocycles. The van der Waals surface area contributed by atoms with Crippen molar-refractivity contribution in [2.75, 3.05) is 13.2 Å². The Labute approximate surface area is 188 Å². The average molecular weight is 441 g/mol. The van der Waals surface area contributed by atoms with Crippen LogP contribution in [0.4, 0.5) is 0 Å². The molecular formula is C26H36O4Si. The highest BCUT2D eigenvalue weighted by Gasteiger charge is 2.50. The molecule has 168 valence electrons. The molecule has 0 heterocycles. The lowest BCUT2D eigenvalue weighted by atomic mass is 9.88. The number of hydrogen-bond acceptors (Lipinski definition) is 4. The van der Waals surface area contributed by atoms with Crippen LogP contribution in [-0.4, -0.2) is 33.3 Å². The van der Waals surface area contributed by atoms with Crippen LogP contribution in [0.15, 0.2) is 60.7 Å². The maximum atomic E-state index is 12.1. The highest BCUT2D eigenvalue weighted by atomic mass is 28.4. The van der Waals surface area contributed by atoms with E-state index in [4.69, 9.17) is 9.16 Å². The fraction of sp³-hybridized carbons (Fsp3) is 0.462. The number of hydrogen-bond donors (Lipinski definition) is 0. The van der Waals surface area contributed by atoms with Gasteiger partial charge in [-0.05, 0) is 34.2 Å². The SMILES string of the molecule is CCOC(=O)C(=O)CCC(C)(C)CO[Si](c1ccccc1)(c1ccccc1)C(C)(C)C. The third-order valence-electron chi connectivity index (χ3n) is 5.63. The van der Waals surface area contributed by atoms with Gasteiger partial charge in [-0.25, -0.2) is 4.79 Å². The summed E-state index contributed by atoms with van der Waals surface area (Å²) in [7, 11) is -2.63. The van der Waals surface area contributed by atoms with E-state index >= 15 is 0 Å². The third kappa shape index (κ3) is 6.14. The van der Waals surface area contributed by atoms with Crippen molar-refractivity contribution in [2.45, 2.75) is 59.4 Å². The Hall–Kier alpha value is -2.24. The normalized spacial score (nSPS) is 12.5.